The Morgan fingerprint density at radius 2 is 1.67 bits per heavy atom. The van der Waals surface area contributed by atoms with Gasteiger partial charge in [0.1, 0.15) is 6.54 Å². The van der Waals surface area contributed by atoms with E-state index in [0.717, 1.165) is 4.31 Å². The van der Waals surface area contributed by atoms with Crippen molar-refractivity contribution >= 4 is 16.0 Å². The first-order chi connectivity index (χ1) is 9.77. The fourth-order valence-corrected chi connectivity index (χ4v) is 3.07. The average molecular weight is 317 g/mol. The van der Waals surface area contributed by atoms with Crippen molar-refractivity contribution in [3.63, 3.8) is 0 Å². The van der Waals surface area contributed by atoms with Crippen LogP contribution in [0.2, 0.25) is 0 Å². The number of carbonyl (C=O) groups is 1. The molecule has 1 rings (SSSR count). The maximum absolute atomic E-state index is 12.5. The molecule has 0 aromatic heterocycles. The van der Waals surface area contributed by atoms with Crippen LogP contribution in [0.1, 0.15) is 5.56 Å². The standard InChI is InChI=1S/C13H19NO6S/c1-9-6-10(18-3)11(19-4)7-12(9)21(16,17)14(2)8-13(15)20-5/h6-7H,8H2,1-5H3. The molecule has 0 amide bonds. The number of aryl methyl sites for hydroxylation is 1. The van der Waals surface area contributed by atoms with Gasteiger partial charge in [0.2, 0.25) is 10.0 Å². The normalized spacial score (nSPS) is 11.3. The van der Waals surface area contributed by atoms with E-state index in [-0.39, 0.29) is 11.4 Å². The maximum Gasteiger partial charge on any atom is 0.321 e. The van der Waals surface area contributed by atoms with Crippen molar-refractivity contribution in [1.29, 1.82) is 0 Å². The number of benzene rings is 1. The molecule has 118 valence electrons. The average Bonchev–Trinajstić information content (AvgIpc) is 2.46. The molecule has 21 heavy (non-hydrogen) atoms. The third kappa shape index (κ3) is 3.64. The van der Waals surface area contributed by atoms with Crippen LogP contribution in [0, 0.1) is 6.92 Å². The molecule has 0 aliphatic heterocycles. The van der Waals surface area contributed by atoms with E-state index in [1.807, 2.05) is 0 Å². The minimum Gasteiger partial charge on any atom is -0.493 e. The summed E-state index contributed by atoms with van der Waals surface area (Å²) in [5.74, 6) is 0.0944. The lowest BCUT2D eigenvalue weighted by Gasteiger charge is -2.19. The van der Waals surface area contributed by atoms with Crippen molar-refractivity contribution < 1.29 is 27.4 Å². The molecule has 1 aromatic carbocycles. The predicted molar refractivity (Wildman–Crippen MR) is 76.1 cm³/mol. The lowest BCUT2D eigenvalue weighted by molar-refractivity contribution is -0.140. The van der Waals surface area contributed by atoms with Gasteiger partial charge in [-0.05, 0) is 18.6 Å². The van der Waals surface area contributed by atoms with Crippen molar-refractivity contribution in [2.45, 2.75) is 11.8 Å². The lowest BCUT2D eigenvalue weighted by Crippen LogP contribution is -2.33. The number of methoxy groups -OCH3 is 3. The quantitative estimate of drug-likeness (QED) is 0.722. The number of carbonyl (C=O) groups excluding carboxylic acids is 1. The van der Waals surface area contributed by atoms with E-state index in [1.54, 1.807) is 13.0 Å². The van der Waals surface area contributed by atoms with Gasteiger partial charge < -0.3 is 14.2 Å². The van der Waals surface area contributed by atoms with Crippen LogP contribution in [0.15, 0.2) is 17.0 Å². The van der Waals surface area contributed by atoms with Gasteiger partial charge in [-0.1, -0.05) is 0 Å². The first kappa shape index (κ1) is 17.3. The molecule has 0 heterocycles. The molecule has 0 atom stereocenters. The summed E-state index contributed by atoms with van der Waals surface area (Å²) in [6.07, 6.45) is 0. The van der Waals surface area contributed by atoms with Gasteiger partial charge in [0.15, 0.2) is 11.5 Å². The predicted octanol–water partition coefficient (Wildman–Crippen LogP) is 0.806. The van der Waals surface area contributed by atoms with Gasteiger partial charge in [-0.15, -0.1) is 0 Å². The fourth-order valence-electron chi connectivity index (χ4n) is 1.74. The van der Waals surface area contributed by atoms with Crippen molar-refractivity contribution in [3.8, 4) is 11.5 Å². The number of nitrogens with zero attached hydrogens (tertiary/aromatic N) is 1. The number of likely N-dealkylation sites (N-methyl/N-ethyl adjacent to an activating group) is 1. The summed E-state index contributed by atoms with van der Waals surface area (Å²) in [7, 11) is 1.56. The molecule has 0 bridgehead atoms. The first-order valence-corrected chi connectivity index (χ1v) is 7.47. The number of esters is 1. The fraction of sp³-hybridized carbons (Fsp3) is 0.462. The Bertz CT molecular complexity index is 626. The van der Waals surface area contributed by atoms with Crippen LogP contribution in [0.3, 0.4) is 0 Å². The Morgan fingerprint density at radius 1 is 1.14 bits per heavy atom. The van der Waals surface area contributed by atoms with Gasteiger partial charge in [-0.2, -0.15) is 4.31 Å². The van der Waals surface area contributed by atoms with E-state index in [1.165, 1.54) is 34.4 Å². The molecule has 0 aliphatic rings. The highest BCUT2D eigenvalue weighted by Crippen LogP contribution is 2.33. The molecule has 0 radical (unpaired) electrons. The van der Waals surface area contributed by atoms with Crippen LogP contribution in [0.4, 0.5) is 0 Å². The van der Waals surface area contributed by atoms with Gasteiger partial charge in [-0.25, -0.2) is 8.42 Å². The summed E-state index contributed by atoms with van der Waals surface area (Å²) in [5, 5.41) is 0. The number of rotatable bonds is 6. The molecule has 0 aliphatic carbocycles. The summed E-state index contributed by atoms with van der Waals surface area (Å²) < 4.78 is 40.6. The summed E-state index contributed by atoms with van der Waals surface area (Å²) in [5.41, 5.74) is 0.490. The third-order valence-corrected chi connectivity index (χ3v) is 4.89. The van der Waals surface area contributed by atoms with Gasteiger partial charge in [0.25, 0.3) is 0 Å². The first-order valence-electron chi connectivity index (χ1n) is 6.03. The molecule has 8 heteroatoms. The van der Waals surface area contributed by atoms with Crippen molar-refractivity contribution in [3.05, 3.63) is 17.7 Å². The highest BCUT2D eigenvalue weighted by molar-refractivity contribution is 7.89. The topological polar surface area (TPSA) is 82.1 Å². The van der Waals surface area contributed by atoms with Gasteiger partial charge >= 0.3 is 5.97 Å². The van der Waals surface area contributed by atoms with Crippen LogP contribution in [0.5, 0.6) is 11.5 Å². The molecule has 0 spiro atoms. The number of sulfonamides is 1. The zero-order valence-corrected chi connectivity index (χ0v) is 13.5. The minimum absolute atomic E-state index is 0.0477. The molecule has 1 aromatic rings. The highest BCUT2D eigenvalue weighted by Gasteiger charge is 2.26. The molecular formula is C13H19NO6S. The molecule has 0 N–H and O–H groups in total. The SMILES string of the molecule is COC(=O)CN(C)S(=O)(=O)c1cc(OC)c(OC)cc1C. The third-order valence-electron chi connectivity index (χ3n) is 2.95. The monoisotopic (exact) mass is 317 g/mol. The highest BCUT2D eigenvalue weighted by atomic mass is 32.2. The summed E-state index contributed by atoms with van der Waals surface area (Å²) in [6.45, 7) is 1.27. The van der Waals surface area contributed by atoms with E-state index in [0.29, 0.717) is 17.1 Å². The molecule has 0 saturated heterocycles. The summed E-state index contributed by atoms with van der Waals surface area (Å²) in [4.78, 5) is 11.3. The smallest absolute Gasteiger partial charge is 0.321 e. The second kappa shape index (κ2) is 6.77. The van der Waals surface area contributed by atoms with Crippen molar-refractivity contribution in [2.24, 2.45) is 0 Å². The van der Waals surface area contributed by atoms with Crippen LogP contribution in [-0.4, -0.2) is 53.6 Å². The zero-order valence-electron chi connectivity index (χ0n) is 12.7. The van der Waals surface area contributed by atoms with Crippen LogP contribution >= 0.6 is 0 Å². The molecule has 0 fully saturated rings. The molecule has 0 saturated carbocycles. The van der Waals surface area contributed by atoms with Gasteiger partial charge in [-0.3, -0.25) is 4.79 Å². The molecule has 7 nitrogen and oxygen atoms in total. The van der Waals surface area contributed by atoms with Crippen molar-refractivity contribution in [1.82, 2.24) is 4.31 Å². The molecule has 0 unspecified atom stereocenters. The Balaban J connectivity index is 3.28. The summed E-state index contributed by atoms with van der Waals surface area (Å²) >= 11 is 0. The van der Waals surface area contributed by atoms with Crippen LogP contribution in [-0.2, 0) is 19.6 Å². The van der Waals surface area contributed by atoms with Gasteiger partial charge in [0, 0.05) is 13.1 Å². The number of ether oxygens (including phenoxy) is 3. The zero-order chi connectivity index (χ0) is 16.2. The minimum atomic E-state index is -3.84. The Hall–Kier alpha value is -1.80. The van der Waals surface area contributed by atoms with E-state index in [4.69, 9.17) is 9.47 Å². The Kier molecular flexibility index (Phi) is 5.56. The number of hydrogen-bond donors (Lipinski definition) is 0. The largest absolute Gasteiger partial charge is 0.493 e. The second-order valence-electron chi connectivity index (χ2n) is 4.31. The van der Waals surface area contributed by atoms with E-state index in [9.17, 15) is 13.2 Å². The van der Waals surface area contributed by atoms with E-state index in [2.05, 4.69) is 4.74 Å². The lowest BCUT2D eigenvalue weighted by atomic mass is 10.2. The second-order valence-corrected chi connectivity index (χ2v) is 6.32. The Morgan fingerprint density at radius 3 is 2.14 bits per heavy atom. The van der Waals surface area contributed by atoms with Gasteiger partial charge in [0.05, 0.1) is 26.2 Å². The molecular weight excluding hydrogens is 298 g/mol. The Labute approximate surface area is 124 Å². The van der Waals surface area contributed by atoms with Crippen molar-refractivity contribution in [2.75, 3.05) is 34.9 Å². The van der Waals surface area contributed by atoms with Crippen LogP contribution < -0.4 is 9.47 Å². The summed E-state index contributed by atoms with van der Waals surface area (Å²) in [6, 6.07) is 2.94. The maximum atomic E-state index is 12.5. The van der Waals surface area contributed by atoms with Crippen LogP contribution in [0.25, 0.3) is 0 Å². The van der Waals surface area contributed by atoms with E-state index >= 15 is 0 Å². The van der Waals surface area contributed by atoms with E-state index < -0.39 is 16.0 Å². The number of hydrogen-bond acceptors (Lipinski definition) is 6.